The Morgan fingerprint density at radius 2 is 1.87 bits per heavy atom. The van der Waals surface area contributed by atoms with E-state index in [1.807, 2.05) is 0 Å². The minimum Gasteiger partial charge on any atom is -0.490 e. The van der Waals surface area contributed by atoms with Crippen molar-refractivity contribution in [3.05, 3.63) is 68.5 Å². The number of halogens is 3. The molecule has 202 valence electrons. The second-order valence-corrected chi connectivity index (χ2v) is 9.92. The third-order valence-corrected chi connectivity index (χ3v) is 6.90. The van der Waals surface area contributed by atoms with Crippen molar-refractivity contribution in [1.29, 1.82) is 0 Å². The van der Waals surface area contributed by atoms with E-state index in [4.69, 9.17) is 37.8 Å². The molecule has 0 radical (unpaired) electrons. The van der Waals surface area contributed by atoms with E-state index < -0.39 is 17.7 Å². The van der Waals surface area contributed by atoms with Gasteiger partial charge in [0.1, 0.15) is 0 Å². The van der Waals surface area contributed by atoms with Crippen molar-refractivity contribution in [3.8, 4) is 17.0 Å². The fourth-order valence-corrected chi connectivity index (χ4v) is 4.83. The highest BCUT2D eigenvalue weighted by atomic mass is 35.5. The molecule has 0 saturated carbocycles. The lowest BCUT2D eigenvalue weighted by molar-refractivity contribution is -0.135. The number of amides is 1. The SMILES string of the molecule is CCCCCCCOc1cccc(-c2csc(NC(=O)c3cc(Cl)c(/C=C(/OC)C(=O)O)c(Cl)c3)n2)c1F. The molecule has 0 aliphatic rings. The molecule has 0 atom stereocenters. The van der Waals surface area contributed by atoms with Gasteiger partial charge in [0.15, 0.2) is 16.7 Å². The Hall–Kier alpha value is -3.14. The number of aliphatic carboxylic acids is 1. The molecule has 2 aromatic carbocycles. The van der Waals surface area contributed by atoms with E-state index in [0.717, 1.165) is 37.0 Å². The molecular formula is C27H27Cl2FN2O5S. The zero-order valence-electron chi connectivity index (χ0n) is 20.9. The van der Waals surface area contributed by atoms with Crippen LogP contribution in [0.25, 0.3) is 17.3 Å². The number of methoxy groups -OCH3 is 1. The summed E-state index contributed by atoms with van der Waals surface area (Å²) in [4.78, 5) is 28.3. The summed E-state index contributed by atoms with van der Waals surface area (Å²) in [5.41, 5.74) is 0.941. The van der Waals surface area contributed by atoms with Crippen LogP contribution in [0.1, 0.15) is 54.9 Å². The normalized spacial score (nSPS) is 11.3. The average Bonchev–Trinajstić information content (AvgIpc) is 3.34. The number of hydrogen-bond donors (Lipinski definition) is 2. The lowest BCUT2D eigenvalue weighted by Crippen LogP contribution is -2.12. The zero-order chi connectivity index (χ0) is 27.7. The van der Waals surface area contributed by atoms with E-state index in [1.165, 1.54) is 31.7 Å². The third kappa shape index (κ3) is 7.69. The maximum atomic E-state index is 15.1. The highest BCUT2D eigenvalue weighted by molar-refractivity contribution is 7.14. The number of anilines is 1. The Morgan fingerprint density at radius 1 is 1.16 bits per heavy atom. The standard InChI is InChI=1S/C27H27Cl2FN2O5S/c1-3-4-5-6-7-11-37-22-10-8-9-17(24(22)30)21-15-38-27(31-21)32-25(33)16-12-19(28)18(20(29)13-16)14-23(36-2)26(34)35/h8-10,12-15H,3-7,11H2,1-2H3,(H,34,35)(H,31,32,33)/b23-14+. The number of thiazole rings is 1. The molecule has 1 heterocycles. The number of hydrogen-bond acceptors (Lipinski definition) is 6. The molecule has 0 aliphatic carbocycles. The Morgan fingerprint density at radius 3 is 2.53 bits per heavy atom. The number of carbonyl (C=O) groups is 2. The summed E-state index contributed by atoms with van der Waals surface area (Å²) in [6.07, 6.45) is 6.53. The lowest BCUT2D eigenvalue weighted by Gasteiger charge is -2.09. The Balaban J connectivity index is 1.71. The number of unbranched alkanes of at least 4 members (excludes halogenated alkanes) is 4. The van der Waals surface area contributed by atoms with Crippen molar-refractivity contribution >= 4 is 57.6 Å². The quantitative estimate of drug-likeness (QED) is 0.121. The second kappa shape index (κ2) is 14.1. The molecule has 0 saturated heterocycles. The van der Waals surface area contributed by atoms with Crippen LogP contribution in [0.3, 0.4) is 0 Å². The monoisotopic (exact) mass is 580 g/mol. The van der Waals surface area contributed by atoms with Crippen molar-refractivity contribution in [2.75, 3.05) is 19.0 Å². The van der Waals surface area contributed by atoms with Gasteiger partial charge in [0.2, 0.25) is 5.76 Å². The maximum Gasteiger partial charge on any atom is 0.371 e. The van der Waals surface area contributed by atoms with Gasteiger partial charge in [-0.25, -0.2) is 14.2 Å². The number of nitrogens with zero attached hydrogens (tertiary/aromatic N) is 1. The van der Waals surface area contributed by atoms with Gasteiger partial charge in [-0.3, -0.25) is 10.1 Å². The van der Waals surface area contributed by atoms with Gasteiger partial charge in [-0.1, -0.05) is 61.9 Å². The minimum atomic E-state index is -1.29. The van der Waals surface area contributed by atoms with Crippen molar-refractivity contribution in [2.45, 2.75) is 39.0 Å². The van der Waals surface area contributed by atoms with Crippen LogP contribution in [0.4, 0.5) is 9.52 Å². The molecule has 0 fully saturated rings. The van der Waals surface area contributed by atoms with E-state index in [0.29, 0.717) is 12.3 Å². The van der Waals surface area contributed by atoms with Crippen LogP contribution in [0.15, 0.2) is 41.5 Å². The molecule has 0 unspecified atom stereocenters. The van der Waals surface area contributed by atoms with E-state index in [1.54, 1.807) is 23.6 Å². The topological polar surface area (TPSA) is 97.8 Å². The highest BCUT2D eigenvalue weighted by Gasteiger charge is 2.18. The molecule has 0 aliphatic heterocycles. The predicted octanol–water partition coefficient (Wildman–Crippen LogP) is 7.93. The molecule has 3 rings (SSSR count). The van der Waals surface area contributed by atoms with Gasteiger partial charge in [-0.15, -0.1) is 11.3 Å². The summed E-state index contributed by atoms with van der Waals surface area (Å²) in [5.74, 6) is -2.55. The van der Waals surface area contributed by atoms with Crippen LogP contribution in [-0.4, -0.2) is 35.7 Å². The number of nitrogens with one attached hydrogen (secondary N) is 1. The molecule has 1 aromatic heterocycles. The smallest absolute Gasteiger partial charge is 0.371 e. The zero-order valence-corrected chi connectivity index (χ0v) is 23.2. The summed E-state index contributed by atoms with van der Waals surface area (Å²) in [6.45, 7) is 2.59. The minimum absolute atomic E-state index is 0.0579. The summed E-state index contributed by atoms with van der Waals surface area (Å²) >= 11 is 13.6. The number of aromatic nitrogens is 1. The van der Waals surface area contributed by atoms with Crippen LogP contribution in [0.5, 0.6) is 5.75 Å². The van der Waals surface area contributed by atoms with E-state index >= 15 is 4.39 Å². The first kappa shape index (κ1) is 29.4. The van der Waals surface area contributed by atoms with E-state index in [-0.39, 0.29) is 43.4 Å². The van der Waals surface area contributed by atoms with Crippen LogP contribution < -0.4 is 10.1 Å². The summed E-state index contributed by atoms with van der Waals surface area (Å²) in [5, 5.41) is 13.8. The first-order valence-corrected chi connectivity index (χ1v) is 13.5. The Bertz CT molecular complexity index is 1310. The van der Waals surface area contributed by atoms with Crippen LogP contribution in [0, 0.1) is 5.82 Å². The Labute approximate surface area is 234 Å². The molecule has 38 heavy (non-hydrogen) atoms. The number of carboxylic acids is 1. The van der Waals surface area contributed by atoms with Gasteiger partial charge in [0, 0.05) is 22.1 Å². The van der Waals surface area contributed by atoms with Crippen LogP contribution >= 0.6 is 34.5 Å². The van der Waals surface area contributed by atoms with Gasteiger partial charge >= 0.3 is 5.97 Å². The number of benzene rings is 2. The molecule has 0 spiro atoms. The van der Waals surface area contributed by atoms with Gasteiger partial charge in [-0.05, 0) is 36.8 Å². The third-order valence-electron chi connectivity index (χ3n) is 5.52. The molecule has 2 N–H and O–H groups in total. The number of ether oxygens (including phenoxy) is 2. The molecule has 11 heteroatoms. The fourth-order valence-electron chi connectivity index (χ4n) is 3.52. The molecule has 0 bridgehead atoms. The first-order chi connectivity index (χ1) is 18.2. The van der Waals surface area contributed by atoms with E-state index in [9.17, 15) is 9.59 Å². The van der Waals surface area contributed by atoms with Crippen molar-refractivity contribution in [3.63, 3.8) is 0 Å². The van der Waals surface area contributed by atoms with E-state index in [2.05, 4.69) is 17.2 Å². The highest BCUT2D eigenvalue weighted by Crippen LogP contribution is 2.33. The first-order valence-electron chi connectivity index (χ1n) is 11.9. The summed E-state index contributed by atoms with van der Waals surface area (Å²) in [6, 6.07) is 7.57. The van der Waals surface area contributed by atoms with Crippen molar-refractivity contribution in [2.24, 2.45) is 0 Å². The largest absolute Gasteiger partial charge is 0.490 e. The summed E-state index contributed by atoms with van der Waals surface area (Å²) in [7, 11) is 1.20. The van der Waals surface area contributed by atoms with Gasteiger partial charge in [0.25, 0.3) is 5.91 Å². The number of carboxylic acid groups (broad SMARTS) is 1. The maximum absolute atomic E-state index is 15.1. The number of rotatable bonds is 13. The van der Waals surface area contributed by atoms with Crippen molar-refractivity contribution in [1.82, 2.24) is 4.98 Å². The summed E-state index contributed by atoms with van der Waals surface area (Å²) < 4.78 is 25.5. The molecule has 3 aromatic rings. The molecule has 1 amide bonds. The molecule has 7 nitrogen and oxygen atoms in total. The van der Waals surface area contributed by atoms with Gasteiger partial charge < -0.3 is 14.6 Å². The number of carbonyl (C=O) groups excluding carboxylic acids is 1. The second-order valence-electron chi connectivity index (χ2n) is 8.24. The predicted molar refractivity (Wildman–Crippen MR) is 149 cm³/mol. The van der Waals surface area contributed by atoms with Crippen LogP contribution in [0.2, 0.25) is 10.0 Å². The molecular weight excluding hydrogens is 554 g/mol. The fraction of sp³-hybridized carbons (Fsp3) is 0.296. The van der Waals surface area contributed by atoms with Gasteiger partial charge in [-0.2, -0.15) is 0 Å². The Kier molecular flexibility index (Phi) is 10.9. The lowest BCUT2D eigenvalue weighted by atomic mass is 10.1. The van der Waals surface area contributed by atoms with Gasteiger partial charge in [0.05, 0.1) is 29.5 Å². The van der Waals surface area contributed by atoms with Crippen molar-refractivity contribution < 1.29 is 28.6 Å². The average molecular weight is 581 g/mol. The van der Waals surface area contributed by atoms with Crippen LogP contribution in [-0.2, 0) is 9.53 Å².